The fourth-order valence-electron chi connectivity index (χ4n) is 2.74. The van der Waals surface area contributed by atoms with Crippen molar-refractivity contribution in [3.8, 4) is 11.4 Å². The SMILES string of the molecule is O=c1cc(NCCNc2nc(-c3ccc(Cl)cc3Cl)nc3ccccc23)o[nH]1. The third kappa shape index (κ3) is 3.95. The maximum Gasteiger partial charge on any atom is 0.282 e. The second-order valence-electron chi connectivity index (χ2n) is 5.97. The van der Waals surface area contributed by atoms with Gasteiger partial charge in [-0.2, -0.15) is 5.16 Å². The van der Waals surface area contributed by atoms with E-state index in [4.69, 9.17) is 27.7 Å². The van der Waals surface area contributed by atoms with E-state index in [1.165, 1.54) is 6.07 Å². The second-order valence-corrected chi connectivity index (χ2v) is 6.81. The lowest BCUT2D eigenvalue weighted by Gasteiger charge is -2.12. The summed E-state index contributed by atoms with van der Waals surface area (Å²) in [6, 6.07) is 14.3. The van der Waals surface area contributed by atoms with Crippen molar-refractivity contribution in [2.75, 3.05) is 23.7 Å². The van der Waals surface area contributed by atoms with Gasteiger partial charge in [-0.1, -0.05) is 35.3 Å². The number of nitrogens with one attached hydrogen (secondary N) is 3. The Bertz CT molecular complexity index is 1190. The summed E-state index contributed by atoms with van der Waals surface area (Å²) in [5.74, 6) is 1.57. The van der Waals surface area contributed by atoms with Crippen LogP contribution in [0, 0.1) is 0 Å². The van der Waals surface area contributed by atoms with Gasteiger partial charge >= 0.3 is 0 Å². The van der Waals surface area contributed by atoms with Crippen molar-refractivity contribution in [2.45, 2.75) is 0 Å². The standard InChI is InChI=1S/C19H15Cl2N5O2/c20-11-5-6-12(14(21)9-11)19-24-15-4-2-1-3-13(15)18(25-19)23-8-7-22-17-10-16(27)26-28-17/h1-6,9-10,22H,7-8H2,(H,26,27)(H,23,24,25). The number of aromatic nitrogens is 3. The van der Waals surface area contributed by atoms with Crippen LogP contribution in [0.1, 0.15) is 0 Å². The van der Waals surface area contributed by atoms with E-state index in [0.29, 0.717) is 46.2 Å². The first kappa shape index (κ1) is 18.3. The van der Waals surface area contributed by atoms with E-state index >= 15 is 0 Å². The summed E-state index contributed by atoms with van der Waals surface area (Å²) in [5.41, 5.74) is 1.21. The van der Waals surface area contributed by atoms with Crippen molar-refractivity contribution < 1.29 is 4.52 Å². The first-order valence-corrected chi connectivity index (χ1v) is 9.24. The zero-order valence-electron chi connectivity index (χ0n) is 14.5. The molecule has 0 atom stereocenters. The first-order valence-electron chi connectivity index (χ1n) is 8.48. The molecule has 0 spiro atoms. The molecule has 3 N–H and O–H groups in total. The van der Waals surface area contributed by atoms with E-state index in [-0.39, 0.29) is 5.56 Å². The van der Waals surface area contributed by atoms with Gasteiger partial charge in [-0.05, 0) is 30.3 Å². The van der Waals surface area contributed by atoms with Gasteiger partial charge in [-0.3, -0.25) is 4.79 Å². The molecule has 0 aliphatic rings. The fourth-order valence-corrected chi connectivity index (χ4v) is 3.23. The Kier molecular flexibility index (Phi) is 5.18. The molecule has 4 rings (SSSR count). The third-order valence-electron chi connectivity index (χ3n) is 4.02. The number of hydrogen-bond donors (Lipinski definition) is 3. The lowest BCUT2D eigenvalue weighted by atomic mass is 10.2. The largest absolute Gasteiger partial charge is 0.368 e. The van der Waals surface area contributed by atoms with Gasteiger partial charge in [0.05, 0.1) is 16.6 Å². The molecular formula is C19H15Cl2N5O2. The van der Waals surface area contributed by atoms with Crippen LogP contribution in [-0.2, 0) is 0 Å². The Morgan fingerprint density at radius 1 is 1.00 bits per heavy atom. The molecule has 28 heavy (non-hydrogen) atoms. The van der Waals surface area contributed by atoms with Crippen LogP contribution in [0.15, 0.2) is 57.8 Å². The number of anilines is 2. The highest BCUT2D eigenvalue weighted by Gasteiger charge is 2.12. The maximum absolute atomic E-state index is 11.1. The summed E-state index contributed by atoms with van der Waals surface area (Å²) < 4.78 is 4.96. The van der Waals surface area contributed by atoms with Crippen LogP contribution in [0.4, 0.5) is 11.7 Å². The van der Waals surface area contributed by atoms with Crippen molar-refractivity contribution in [1.29, 1.82) is 0 Å². The topological polar surface area (TPSA) is 95.8 Å². The maximum atomic E-state index is 11.1. The van der Waals surface area contributed by atoms with Crippen LogP contribution in [0.3, 0.4) is 0 Å². The number of halogens is 2. The highest BCUT2D eigenvalue weighted by molar-refractivity contribution is 6.36. The normalized spacial score (nSPS) is 10.9. The Balaban J connectivity index is 1.60. The number of hydrogen-bond acceptors (Lipinski definition) is 6. The number of fused-ring (bicyclic) bond motifs is 1. The van der Waals surface area contributed by atoms with Gasteiger partial charge in [0, 0.05) is 29.1 Å². The molecule has 0 unspecified atom stereocenters. The molecule has 0 saturated carbocycles. The van der Waals surface area contributed by atoms with Crippen LogP contribution in [0.5, 0.6) is 0 Å². The lowest BCUT2D eigenvalue weighted by Crippen LogP contribution is -2.15. The molecule has 0 aliphatic carbocycles. The minimum atomic E-state index is -0.290. The van der Waals surface area contributed by atoms with E-state index < -0.39 is 0 Å². The van der Waals surface area contributed by atoms with Crippen molar-refractivity contribution in [2.24, 2.45) is 0 Å². The van der Waals surface area contributed by atoms with E-state index in [2.05, 4.69) is 25.8 Å². The van der Waals surface area contributed by atoms with Crippen LogP contribution in [0.2, 0.25) is 10.0 Å². The van der Waals surface area contributed by atoms with Crippen LogP contribution in [0.25, 0.3) is 22.3 Å². The van der Waals surface area contributed by atoms with E-state index in [1.54, 1.807) is 18.2 Å². The number of nitrogens with zero attached hydrogens (tertiary/aromatic N) is 2. The molecule has 142 valence electrons. The van der Waals surface area contributed by atoms with Gasteiger partial charge < -0.3 is 15.2 Å². The Morgan fingerprint density at radius 3 is 2.61 bits per heavy atom. The zero-order chi connectivity index (χ0) is 19.5. The lowest BCUT2D eigenvalue weighted by molar-refractivity contribution is 0.426. The van der Waals surface area contributed by atoms with Gasteiger partial charge in [0.1, 0.15) is 5.82 Å². The molecule has 2 aromatic heterocycles. The molecule has 0 fully saturated rings. The van der Waals surface area contributed by atoms with Gasteiger partial charge in [0.25, 0.3) is 5.56 Å². The summed E-state index contributed by atoms with van der Waals surface area (Å²) in [4.78, 5) is 20.4. The predicted octanol–water partition coefficient (Wildman–Crippen LogP) is 4.41. The average Bonchev–Trinajstić information content (AvgIpc) is 3.10. The highest BCUT2D eigenvalue weighted by Crippen LogP contribution is 2.31. The Morgan fingerprint density at radius 2 is 1.82 bits per heavy atom. The number of para-hydroxylation sites is 1. The number of benzene rings is 2. The fraction of sp³-hybridized carbons (Fsp3) is 0.105. The van der Waals surface area contributed by atoms with Crippen molar-refractivity contribution in [3.63, 3.8) is 0 Å². The molecule has 4 aromatic rings. The van der Waals surface area contributed by atoms with Crippen LogP contribution >= 0.6 is 23.2 Å². The smallest absolute Gasteiger partial charge is 0.282 e. The highest BCUT2D eigenvalue weighted by atomic mass is 35.5. The van der Waals surface area contributed by atoms with Crippen LogP contribution < -0.4 is 16.2 Å². The summed E-state index contributed by atoms with van der Waals surface area (Å²) in [5, 5.41) is 10.5. The quantitative estimate of drug-likeness (QED) is 0.403. The zero-order valence-corrected chi connectivity index (χ0v) is 16.0. The molecular weight excluding hydrogens is 401 g/mol. The molecule has 2 aromatic carbocycles. The van der Waals surface area contributed by atoms with Gasteiger partial charge in [0.2, 0.25) is 5.88 Å². The summed E-state index contributed by atoms with van der Waals surface area (Å²) >= 11 is 12.3. The van der Waals surface area contributed by atoms with Crippen molar-refractivity contribution in [3.05, 3.63) is 68.9 Å². The number of aromatic amines is 1. The summed E-state index contributed by atoms with van der Waals surface area (Å²) in [6.07, 6.45) is 0. The van der Waals surface area contributed by atoms with E-state index in [0.717, 1.165) is 10.9 Å². The van der Waals surface area contributed by atoms with Crippen molar-refractivity contribution >= 4 is 45.8 Å². The van der Waals surface area contributed by atoms with Crippen molar-refractivity contribution in [1.82, 2.24) is 15.1 Å². The molecule has 0 aliphatic heterocycles. The Hall–Kier alpha value is -3.03. The molecule has 2 heterocycles. The monoisotopic (exact) mass is 415 g/mol. The third-order valence-corrected chi connectivity index (χ3v) is 4.56. The van der Waals surface area contributed by atoms with Crippen LogP contribution in [-0.4, -0.2) is 28.2 Å². The number of H-pyrrole nitrogens is 1. The molecule has 0 amide bonds. The van der Waals surface area contributed by atoms with Gasteiger partial charge in [-0.25, -0.2) is 9.97 Å². The molecule has 0 radical (unpaired) electrons. The number of rotatable bonds is 6. The van der Waals surface area contributed by atoms with E-state index in [1.807, 2.05) is 24.3 Å². The second kappa shape index (κ2) is 7.92. The Labute approximate surface area is 169 Å². The van der Waals surface area contributed by atoms with E-state index in [9.17, 15) is 4.79 Å². The molecule has 0 saturated heterocycles. The summed E-state index contributed by atoms with van der Waals surface area (Å²) in [6.45, 7) is 1.07. The first-order chi connectivity index (χ1) is 13.6. The minimum Gasteiger partial charge on any atom is -0.368 e. The van der Waals surface area contributed by atoms with Gasteiger partial charge in [0.15, 0.2) is 5.82 Å². The summed E-state index contributed by atoms with van der Waals surface area (Å²) in [7, 11) is 0. The van der Waals surface area contributed by atoms with Gasteiger partial charge in [-0.15, -0.1) is 0 Å². The predicted molar refractivity (Wildman–Crippen MR) is 111 cm³/mol. The average molecular weight is 416 g/mol. The molecule has 7 nitrogen and oxygen atoms in total. The molecule has 9 heteroatoms. The minimum absolute atomic E-state index is 0.290. The molecule has 0 bridgehead atoms.